The zero-order chi connectivity index (χ0) is 16.4. The zero-order valence-electron chi connectivity index (χ0n) is 13.8. The number of nitrogens with one attached hydrogen (secondary N) is 2. The van der Waals surface area contributed by atoms with Crippen molar-refractivity contribution in [2.45, 2.75) is 37.9 Å². The molecule has 0 radical (unpaired) electrons. The second kappa shape index (κ2) is 7.65. The third kappa shape index (κ3) is 3.80. The molecule has 1 aromatic carbocycles. The van der Waals surface area contributed by atoms with Crippen LogP contribution in [0.5, 0.6) is 0 Å². The summed E-state index contributed by atoms with van der Waals surface area (Å²) in [5.41, 5.74) is 2.44. The molecule has 3 rings (SSSR count). The minimum Gasteiger partial charge on any atom is -0.334 e. The van der Waals surface area contributed by atoms with Gasteiger partial charge in [0.05, 0.1) is 0 Å². The van der Waals surface area contributed by atoms with Crippen molar-refractivity contribution in [3.63, 3.8) is 0 Å². The number of aromatic nitrogens is 2. The Bertz CT molecular complexity index is 804. The molecule has 1 atom stereocenters. The maximum absolute atomic E-state index is 12.5. The highest BCUT2D eigenvalue weighted by molar-refractivity contribution is 7.89. The highest BCUT2D eigenvalue weighted by Gasteiger charge is 2.23. The van der Waals surface area contributed by atoms with Gasteiger partial charge in [-0.15, -0.1) is 12.4 Å². The number of halogens is 1. The monoisotopic (exact) mass is 370 g/mol. The molecule has 1 aromatic heterocycles. The first kappa shape index (κ1) is 18.9. The van der Waals surface area contributed by atoms with Gasteiger partial charge in [-0.25, -0.2) is 18.1 Å². The molecule has 1 unspecified atom stereocenters. The molecule has 0 aliphatic carbocycles. The lowest BCUT2D eigenvalue weighted by molar-refractivity contribution is 0.491. The van der Waals surface area contributed by atoms with Gasteiger partial charge in [-0.2, -0.15) is 0 Å². The van der Waals surface area contributed by atoms with Gasteiger partial charge in [-0.3, -0.25) is 0 Å². The number of benzene rings is 1. The van der Waals surface area contributed by atoms with E-state index in [4.69, 9.17) is 0 Å². The molecule has 132 valence electrons. The molecule has 6 nitrogen and oxygen atoms in total. The van der Waals surface area contributed by atoms with Crippen molar-refractivity contribution in [1.29, 1.82) is 0 Å². The van der Waals surface area contributed by atoms with Crippen molar-refractivity contribution >= 4 is 22.4 Å². The Morgan fingerprint density at radius 2 is 2.12 bits per heavy atom. The van der Waals surface area contributed by atoms with Crippen LogP contribution in [0.4, 0.5) is 0 Å². The lowest BCUT2D eigenvalue weighted by atomic mass is 9.95. The van der Waals surface area contributed by atoms with Crippen LogP contribution in [0.1, 0.15) is 29.9 Å². The average molecular weight is 371 g/mol. The summed E-state index contributed by atoms with van der Waals surface area (Å²) in [6.45, 7) is 5.64. The topological polar surface area (TPSA) is 76.0 Å². The molecule has 0 fully saturated rings. The lowest BCUT2D eigenvalue weighted by Gasteiger charge is -2.26. The second-order valence-electron chi connectivity index (χ2n) is 5.72. The highest BCUT2D eigenvalue weighted by Crippen LogP contribution is 2.22. The van der Waals surface area contributed by atoms with Crippen LogP contribution in [0, 0.1) is 6.92 Å². The van der Waals surface area contributed by atoms with Gasteiger partial charge < -0.3 is 9.88 Å². The second-order valence-corrected chi connectivity index (χ2v) is 7.43. The van der Waals surface area contributed by atoms with Gasteiger partial charge in [0.2, 0.25) is 0 Å². The van der Waals surface area contributed by atoms with E-state index in [1.54, 1.807) is 6.20 Å². The molecule has 0 amide bonds. The predicted octanol–water partition coefficient (Wildman–Crippen LogP) is 1.80. The summed E-state index contributed by atoms with van der Waals surface area (Å²) >= 11 is 0. The van der Waals surface area contributed by atoms with Crippen LogP contribution in [-0.2, 0) is 23.0 Å². The summed E-state index contributed by atoms with van der Waals surface area (Å²) in [7, 11) is -3.60. The summed E-state index contributed by atoms with van der Waals surface area (Å²) in [6.07, 6.45) is 2.55. The third-order valence-electron chi connectivity index (χ3n) is 4.26. The van der Waals surface area contributed by atoms with Gasteiger partial charge in [0.15, 0.2) is 5.03 Å². The summed E-state index contributed by atoms with van der Waals surface area (Å²) in [4.78, 5) is 4.15. The maximum atomic E-state index is 12.5. The minimum atomic E-state index is -3.60. The van der Waals surface area contributed by atoms with Crippen molar-refractivity contribution in [2.75, 3.05) is 13.1 Å². The molecule has 24 heavy (non-hydrogen) atoms. The highest BCUT2D eigenvalue weighted by atomic mass is 35.5. The summed E-state index contributed by atoms with van der Waals surface area (Å²) in [5.74, 6) is 0.703. The molecule has 0 saturated carbocycles. The van der Waals surface area contributed by atoms with Crippen molar-refractivity contribution in [2.24, 2.45) is 0 Å². The first-order valence-corrected chi connectivity index (χ1v) is 9.34. The Balaban J connectivity index is 0.00000208. The lowest BCUT2D eigenvalue weighted by Crippen LogP contribution is -2.38. The number of imidazole rings is 1. The molecule has 2 heterocycles. The Labute approximate surface area is 149 Å². The van der Waals surface area contributed by atoms with Crippen LogP contribution < -0.4 is 10.0 Å². The summed E-state index contributed by atoms with van der Waals surface area (Å²) < 4.78 is 29.4. The first-order valence-electron chi connectivity index (χ1n) is 7.86. The Morgan fingerprint density at radius 1 is 1.38 bits per heavy atom. The zero-order valence-corrected chi connectivity index (χ0v) is 15.5. The quantitative estimate of drug-likeness (QED) is 0.841. The number of nitrogens with zero attached hydrogens (tertiary/aromatic N) is 2. The van der Waals surface area contributed by atoms with Gasteiger partial charge in [0.25, 0.3) is 10.0 Å². The van der Waals surface area contributed by atoms with Gasteiger partial charge in [0.1, 0.15) is 5.82 Å². The van der Waals surface area contributed by atoms with Crippen molar-refractivity contribution in [1.82, 2.24) is 19.6 Å². The Hall–Kier alpha value is -1.41. The van der Waals surface area contributed by atoms with Gasteiger partial charge in [-0.1, -0.05) is 24.3 Å². The van der Waals surface area contributed by atoms with E-state index >= 15 is 0 Å². The van der Waals surface area contributed by atoms with E-state index < -0.39 is 10.0 Å². The van der Waals surface area contributed by atoms with E-state index in [1.807, 2.05) is 30.5 Å². The summed E-state index contributed by atoms with van der Waals surface area (Å²) in [5, 5.41) is 3.46. The Morgan fingerprint density at radius 3 is 2.83 bits per heavy atom. The fourth-order valence-electron chi connectivity index (χ4n) is 2.97. The standard InChI is InChI=1S/C16H22N4O2S.ClH/c1-3-20-11-16(19-12(20)2)23(21,22)18-10-15-14-7-5-4-6-13(14)8-9-17-15;/h4-7,11,15,17-18H,3,8-10H2,1-2H3;1H. The van der Waals surface area contributed by atoms with Crippen LogP contribution in [0.15, 0.2) is 35.5 Å². The molecular formula is C16H23ClN4O2S. The van der Waals surface area contributed by atoms with Crippen LogP contribution >= 0.6 is 12.4 Å². The molecular weight excluding hydrogens is 348 g/mol. The molecule has 0 bridgehead atoms. The number of hydrogen-bond donors (Lipinski definition) is 2. The smallest absolute Gasteiger partial charge is 0.259 e. The SMILES string of the molecule is CCn1cc(S(=O)(=O)NCC2NCCc3ccccc32)nc1C.Cl. The van der Waals surface area contributed by atoms with E-state index in [0.29, 0.717) is 18.9 Å². The average Bonchev–Trinajstić information content (AvgIpc) is 2.95. The van der Waals surface area contributed by atoms with Crippen LogP contribution in [0.2, 0.25) is 0 Å². The van der Waals surface area contributed by atoms with Crippen molar-refractivity contribution in [3.8, 4) is 0 Å². The van der Waals surface area contributed by atoms with Gasteiger partial charge >= 0.3 is 0 Å². The number of sulfonamides is 1. The number of rotatable bonds is 5. The normalized spacial score (nSPS) is 17.2. The van der Waals surface area contributed by atoms with Crippen LogP contribution in [0.3, 0.4) is 0 Å². The minimum absolute atomic E-state index is 0. The maximum Gasteiger partial charge on any atom is 0.259 e. The van der Waals surface area contributed by atoms with Crippen LogP contribution in [-0.4, -0.2) is 31.1 Å². The van der Waals surface area contributed by atoms with Crippen molar-refractivity contribution < 1.29 is 8.42 Å². The molecule has 2 N–H and O–H groups in total. The molecule has 0 saturated heterocycles. The molecule has 8 heteroatoms. The third-order valence-corrected chi connectivity index (χ3v) is 5.56. The van der Waals surface area contributed by atoms with E-state index in [-0.39, 0.29) is 23.5 Å². The van der Waals surface area contributed by atoms with E-state index in [9.17, 15) is 8.42 Å². The van der Waals surface area contributed by atoms with E-state index in [2.05, 4.69) is 27.2 Å². The van der Waals surface area contributed by atoms with Crippen molar-refractivity contribution in [3.05, 3.63) is 47.4 Å². The first-order chi connectivity index (χ1) is 11.0. The Kier molecular flexibility index (Phi) is 6.03. The fourth-order valence-corrected chi connectivity index (χ4v) is 4.02. The molecule has 2 aromatic rings. The largest absolute Gasteiger partial charge is 0.334 e. The number of fused-ring (bicyclic) bond motifs is 1. The van der Waals surface area contributed by atoms with E-state index in [0.717, 1.165) is 18.5 Å². The van der Waals surface area contributed by atoms with Gasteiger partial charge in [0, 0.05) is 25.3 Å². The predicted molar refractivity (Wildman–Crippen MR) is 96.0 cm³/mol. The molecule has 1 aliphatic rings. The number of aryl methyl sites for hydroxylation is 2. The van der Waals surface area contributed by atoms with Crippen LogP contribution in [0.25, 0.3) is 0 Å². The molecule has 0 spiro atoms. The number of hydrogen-bond acceptors (Lipinski definition) is 4. The molecule has 1 aliphatic heterocycles. The van der Waals surface area contributed by atoms with E-state index in [1.165, 1.54) is 5.56 Å². The fraction of sp³-hybridized carbons (Fsp3) is 0.438. The van der Waals surface area contributed by atoms with Gasteiger partial charge in [-0.05, 0) is 37.9 Å². The summed E-state index contributed by atoms with van der Waals surface area (Å²) in [6, 6.07) is 8.15.